The molecule has 3 heteroatoms. The van der Waals surface area contributed by atoms with Gasteiger partial charge in [0.1, 0.15) is 0 Å². The Bertz CT molecular complexity index is 640. The van der Waals surface area contributed by atoms with Gasteiger partial charge in [-0.25, -0.2) is 4.98 Å². The second-order valence-electron chi connectivity index (χ2n) is 4.20. The maximum absolute atomic E-state index is 4.66. The van der Waals surface area contributed by atoms with Crippen molar-refractivity contribution in [1.82, 2.24) is 4.98 Å². The molecule has 1 heterocycles. The van der Waals surface area contributed by atoms with Crippen LogP contribution in [0.4, 0.5) is 5.69 Å². The number of benzene rings is 2. The largest absolute Gasteiger partial charge is 0.388 e. The molecule has 0 saturated carbocycles. The molecule has 90 valence electrons. The Morgan fingerprint density at radius 3 is 2.83 bits per heavy atom. The average Bonchev–Trinajstić information content (AvgIpc) is 2.81. The van der Waals surface area contributed by atoms with Crippen molar-refractivity contribution in [3.05, 3.63) is 59.1 Å². The number of anilines is 1. The summed E-state index contributed by atoms with van der Waals surface area (Å²) in [5, 5.41) is 4.33. The first-order valence-corrected chi connectivity index (χ1v) is 6.78. The summed E-state index contributed by atoms with van der Waals surface area (Å²) in [6, 6.07) is 16.8. The van der Waals surface area contributed by atoms with Crippen LogP contribution in [0.25, 0.3) is 10.2 Å². The fourth-order valence-electron chi connectivity index (χ4n) is 2.01. The Labute approximate surface area is 110 Å². The Morgan fingerprint density at radius 2 is 2.00 bits per heavy atom. The fourth-order valence-corrected chi connectivity index (χ4v) is 3.01. The second-order valence-corrected chi connectivity index (χ2v) is 5.32. The van der Waals surface area contributed by atoms with Crippen molar-refractivity contribution in [2.75, 3.05) is 12.4 Å². The molecule has 0 amide bonds. The van der Waals surface area contributed by atoms with Crippen LogP contribution in [0.1, 0.15) is 10.6 Å². The molecule has 0 saturated heterocycles. The van der Waals surface area contributed by atoms with Gasteiger partial charge in [0.15, 0.2) is 0 Å². The lowest BCUT2D eigenvalue weighted by atomic mass is 10.1. The van der Waals surface area contributed by atoms with Gasteiger partial charge in [-0.15, -0.1) is 11.3 Å². The highest BCUT2D eigenvalue weighted by molar-refractivity contribution is 7.18. The molecule has 2 aromatic carbocycles. The van der Waals surface area contributed by atoms with Gasteiger partial charge in [0.05, 0.1) is 15.2 Å². The number of hydrogen-bond acceptors (Lipinski definition) is 3. The van der Waals surface area contributed by atoms with E-state index in [1.165, 1.54) is 15.3 Å². The molecule has 0 aliphatic rings. The van der Waals surface area contributed by atoms with E-state index >= 15 is 0 Å². The van der Waals surface area contributed by atoms with Crippen molar-refractivity contribution in [3.8, 4) is 0 Å². The van der Waals surface area contributed by atoms with Crippen LogP contribution < -0.4 is 5.32 Å². The first kappa shape index (κ1) is 11.2. The van der Waals surface area contributed by atoms with Crippen LogP contribution in [-0.4, -0.2) is 12.0 Å². The first-order chi connectivity index (χ1) is 8.85. The van der Waals surface area contributed by atoms with E-state index in [2.05, 4.69) is 52.8 Å². The molecule has 18 heavy (non-hydrogen) atoms. The van der Waals surface area contributed by atoms with Crippen LogP contribution in [0.5, 0.6) is 0 Å². The number of para-hydroxylation sites is 1. The third-order valence-electron chi connectivity index (χ3n) is 2.91. The van der Waals surface area contributed by atoms with E-state index in [4.69, 9.17) is 0 Å². The molecule has 0 bridgehead atoms. The van der Waals surface area contributed by atoms with Crippen molar-refractivity contribution >= 4 is 27.2 Å². The van der Waals surface area contributed by atoms with Crippen molar-refractivity contribution < 1.29 is 0 Å². The molecule has 0 radical (unpaired) electrons. The predicted octanol–water partition coefficient (Wildman–Crippen LogP) is 3.93. The van der Waals surface area contributed by atoms with E-state index in [1.807, 2.05) is 13.1 Å². The van der Waals surface area contributed by atoms with Crippen molar-refractivity contribution in [1.29, 1.82) is 0 Å². The Hall–Kier alpha value is -1.87. The number of nitrogens with one attached hydrogen (secondary N) is 1. The third kappa shape index (κ3) is 2.22. The van der Waals surface area contributed by atoms with Crippen LogP contribution in [0, 0.1) is 0 Å². The summed E-state index contributed by atoms with van der Waals surface area (Å²) in [5.41, 5.74) is 3.54. The molecule has 3 rings (SSSR count). The van der Waals surface area contributed by atoms with E-state index in [1.54, 1.807) is 11.3 Å². The van der Waals surface area contributed by atoms with Crippen LogP contribution in [-0.2, 0) is 6.42 Å². The maximum Gasteiger partial charge on any atom is 0.0982 e. The van der Waals surface area contributed by atoms with Crippen LogP contribution in [0.3, 0.4) is 0 Å². The average molecular weight is 254 g/mol. The van der Waals surface area contributed by atoms with Gasteiger partial charge in [-0.05, 0) is 29.8 Å². The lowest BCUT2D eigenvalue weighted by Gasteiger charge is -2.02. The van der Waals surface area contributed by atoms with E-state index in [0.29, 0.717) is 0 Å². The lowest BCUT2D eigenvalue weighted by molar-refractivity contribution is 1.15. The van der Waals surface area contributed by atoms with Gasteiger partial charge in [-0.3, -0.25) is 0 Å². The van der Waals surface area contributed by atoms with E-state index in [0.717, 1.165) is 17.6 Å². The first-order valence-electron chi connectivity index (χ1n) is 5.96. The highest BCUT2D eigenvalue weighted by Gasteiger charge is 2.04. The topological polar surface area (TPSA) is 24.9 Å². The summed E-state index contributed by atoms with van der Waals surface area (Å²) in [7, 11) is 1.94. The van der Waals surface area contributed by atoms with Gasteiger partial charge >= 0.3 is 0 Å². The van der Waals surface area contributed by atoms with Crippen molar-refractivity contribution in [2.45, 2.75) is 6.42 Å². The molecule has 3 aromatic rings. The van der Waals surface area contributed by atoms with Crippen LogP contribution >= 0.6 is 11.3 Å². The van der Waals surface area contributed by atoms with Crippen molar-refractivity contribution in [3.63, 3.8) is 0 Å². The maximum atomic E-state index is 4.66. The number of thiazole rings is 1. The highest BCUT2D eigenvalue weighted by atomic mass is 32.1. The van der Waals surface area contributed by atoms with Crippen molar-refractivity contribution in [2.24, 2.45) is 0 Å². The zero-order valence-electron chi connectivity index (χ0n) is 10.2. The minimum absolute atomic E-state index is 0.898. The zero-order chi connectivity index (χ0) is 12.4. The molecule has 0 fully saturated rings. The van der Waals surface area contributed by atoms with Gasteiger partial charge in [-0.2, -0.15) is 0 Å². The number of hydrogen-bond donors (Lipinski definition) is 1. The normalized spacial score (nSPS) is 10.7. The molecular weight excluding hydrogens is 240 g/mol. The SMILES string of the molecule is CNc1cccc(Cc2nc3ccccc3s2)c1. The molecular formula is C15H14N2S. The molecule has 1 aromatic heterocycles. The molecule has 0 aliphatic carbocycles. The van der Waals surface area contributed by atoms with E-state index in [-0.39, 0.29) is 0 Å². The molecule has 0 unspecified atom stereocenters. The Morgan fingerprint density at radius 1 is 1.11 bits per heavy atom. The smallest absolute Gasteiger partial charge is 0.0982 e. The van der Waals surface area contributed by atoms with Gasteiger partial charge in [-0.1, -0.05) is 24.3 Å². The minimum Gasteiger partial charge on any atom is -0.388 e. The quantitative estimate of drug-likeness (QED) is 0.766. The number of aromatic nitrogens is 1. The number of nitrogens with zero attached hydrogens (tertiary/aromatic N) is 1. The van der Waals surface area contributed by atoms with Gasteiger partial charge in [0.25, 0.3) is 0 Å². The van der Waals surface area contributed by atoms with Gasteiger partial charge in [0.2, 0.25) is 0 Å². The monoisotopic (exact) mass is 254 g/mol. The standard InChI is InChI=1S/C15H14N2S/c1-16-12-6-4-5-11(9-12)10-15-17-13-7-2-3-8-14(13)18-15/h2-9,16H,10H2,1H3. The molecule has 0 aliphatic heterocycles. The summed E-state index contributed by atoms with van der Waals surface area (Å²) >= 11 is 1.77. The minimum atomic E-state index is 0.898. The summed E-state index contributed by atoms with van der Waals surface area (Å²) in [6.45, 7) is 0. The van der Waals surface area contributed by atoms with Gasteiger partial charge < -0.3 is 5.32 Å². The Kier molecular flexibility index (Phi) is 2.99. The number of rotatable bonds is 3. The molecule has 0 spiro atoms. The fraction of sp³-hybridized carbons (Fsp3) is 0.133. The molecule has 1 N–H and O–H groups in total. The summed E-state index contributed by atoms with van der Waals surface area (Å²) in [4.78, 5) is 4.66. The summed E-state index contributed by atoms with van der Waals surface area (Å²) in [5.74, 6) is 0. The highest BCUT2D eigenvalue weighted by Crippen LogP contribution is 2.24. The van der Waals surface area contributed by atoms with Crippen LogP contribution in [0.15, 0.2) is 48.5 Å². The zero-order valence-corrected chi connectivity index (χ0v) is 11.0. The number of fused-ring (bicyclic) bond motifs is 1. The van der Waals surface area contributed by atoms with E-state index in [9.17, 15) is 0 Å². The summed E-state index contributed by atoms with van der Waals surface area (Å²) in [6.07, 6.45) is 0.898. The molecule has 0 atom stereocenters. The summed E-state index contributed by atoms with van der Waals surface area (Å²) < 4.78 is 1.26. The second kappa shape index (κ2) is 4.78. The Balaban J connectivity index is 1.91. The molecule has 2 nitrogen and oxygen atoms in total. The van der Waals surface area contributed by atoms with Crippen LogP contribution in [0.2, 0.25) is 0 Å². The third-order valence-corrected chi connectivity index (χ3v) is 3.95. The van der Waals surface area contributed by atoms with E-state index < -0.39 is 0 Å². The predicted molar refractivity (Wildman–Crippen MR) is 78.4 cm³/mol. The van der Waals surface area contributed by atoms with Gasteiger partial charge in [0, 0.05) is 19.2 Å². The lowest BCUT2D eigenvalue weighted by Crippen LogP contribution is -1.91.